The number of carbonyl (C=O) groups excluding carboxylic acids is 1. The Balaban J connectivity index is 3.30. The number of carbonyl (C=O) groups is 1. The molecule has 0 atom stereocenters. The maximum atomic E-state index is 14.0. The molecule has 0 aliphatic rings. The highest BCUT2D eigenvalue weighted by Crippen LogP contribution is 2.32. The Morgan fingerprint density at radius 1 is 1.44 bits per heavy atom. The van der Waals surface area contributed by atoms with Gasteiger partial charge in [0.25, 0.3) is 0 Å². The summed E-state index contributed by atoms with van der Waals surface area (Å²) in [7, 11) is 1.46. The molecule has 2 nitrogen and oxygen atoms in total. The van der Waals surface area contributed by atoms with Crippen molar-refractivity contribution >= 4 is 33.3 Å². The largest absolute Gasteiger partial charge is 0.370 e. The molecule has 100 valence electrons. The van der Waals surface area contributed by atoms with Crippen molar-refractivity contribution in [1.82, 2.24) is 0 Å². The zero-order valence-electron chi connectivity index (χ0n) is 10.5. The van der Waals surface area contributed by atoms with Crippen molar-refractivity contribution in [2.45, 2.75) is 32.3 Å². The van der Waals surface area contributed by atoms with Gasteiger partial charge in [-0.15, -0.1) is 0 Å². The van der Waals surface area contributed by atoms with Gasteiger partial charge in [0, 0.05) is 11.6 Å². The van der Waals surface area contributed by atoms with E-state index in [-0.39, 0.29) is 16.4 Å². The van der Waals surface area contributed by atoms with Crippen LogP contribution in [0.15, 0.2) is 16.6 Å². The molecule has 0 saturated carbocycles. The molecule has 0 aliphatic carbocycles. The number of ketones is 1. The van der Waals surface area contributed by atoms with Crippen molar-refractivity contribution in [2.75, 3.05) is 7.11 Å². The van der Waals surface area contributed by atoms with Gasteiger partial charge in [0.05, 0.1) is 10.6 Å². The first-order valence-electron chi connectivity index (χ1n) is 5.67. The zero-order chi connectivity index (χ0) is 13.9. The summed E-state index contributed by atoms with van der Waals surface area (Å²) >= 11 is 8.91. The molecule has 1 aromatic rings. The van der Waals surface area contributed by atoms with E-state index >= 15 is 0 Å². The molecule has 0 bridgehead atoms. The molecule has 1 aromatic carbocycles. The molecule has 0 radical (unpaired) electrons. The standard InChI is InChI=1S/C13H15BrClFO2/c1-4-13(5-2,18-3)12(17)8-6-7-9(14)10(15)11(8)16/h6-7H,4-5H2,1-3H3. The lowest BCUT2D eigenvalue weighted by Crippen LogP contribution is -2.40. The van der Waals surface area contributed by atoms with E-state index in [2.05, 4.69) is 15.9 Å². The fraction of sp³-hybridized carbons (Fsp3) is 0.462. The van der Waals surface area contributed by atoms with Crippen molar-refractivity contribution in [3.8, 4) is 0 Å². The van der Waals surface area contributed by atoms with Gasteiger partial charge in [-0.1, -0.05) is 25.4 Å². The van der Waals surface area contributed by atoms with Crippen LogP contribution in [0, 0.1) is 5.82 Å². The van der Waals surface area contributed by atoms with E-state index in [4.69, 9.17) is 16.3 Å². The highest BCUT2D eigenvalue weighted by Gasteiger charge is 2.37. The minimum atomic E-state index is -0.988. The maximum Gasteiger partial charge on any atom is 0.197 e. The van der Waals surface area contributed by atoms with E-state index in [9.17, 15) is 9.18 Å². The third-order valence-corrected chi connectivity index (χ3v) is 4.49. The number of ether oxygens (including phenoxy) is 1. The Bertz CT molecular complexity index is 450. The van der Waals surface area contributed by atoms with Crippen LogP contribution >= 0.6 is 27.5 Å². The fourth-order valence-electron chi connectivity index (χ4n) is 1.90. The van der Waals surface area contributed by atoms with Gasteiger partial charge in [0.15, 0.2) is 11.6 Å². The van der Waals surface area contributed by atoms with Gasteiger partial charge in [-0.05, 0) is 40.9 Å². The first-order valence-corrected chi connectivity index (χ1v) is 6.84. The monoisotopic (exact) mass is 336 g/mol. The van der Waals surface area contributed by atoms with Crippen LogP contribution in [-0.2, 0) is 4.74 Å². The Morgan fingerprint density at radius 3 is 2.44 bits per heavy atom. The Kier molecular flexibility index (Phi) is 5.32. The lowest BCUT2D eigenvalue weighted by atomic mass is 9.87. The zero-order valence-corrected chi connectivity index (χ0v) is 12.9. The molecule has 0 fully saturated rings. The summed E-state index contributed by atoms with van der Waals surface area (Å²) in [5.41, 5.74) is -1.02. The van der Waals surface area contributed by atoms with Crippen molar-refractivity contribution in [3.63, 3.8) is 0 Å². The number of methoxy groups -OCH3 is 1. The first kappa shape index (κ1) is 15.6. The average Bonchev–Trinajstić information content (AvgIpc) is 2.39. The number of rotatable bonds is 5. The molecule has 1 rings (SSSR count). The minimum Gasteiger partial charge on any atom is -0.370 e. The quantitative estimate of drug-likeness (QED) is 0.578. The molecule has 0 aromatic heterocycles. The third kappa shape index (κ3) is 2.60. The highest BCUT2D eigenvalue weighted by molar-refractivity contribution is 9.10. The number of halogens is 3. The molecule has 0 N–H and O–H groups in total. The number of Topliss-reactive ketones (excluding diaryl/α,β-unsaturated/α-hetero) is 1. The van der Waals surface area contributed by atoms with Crippen LogP contribution in [0.4, 0.5) is 4.39 Å². The second-order valence-corrected chi connectivity index (χ2v) is 5.19. The average molecular weight is 338 g/mol. The summed E-state index contributed by atoms with van der Waals surface area (Å²) in [6.45, 7) is 3.67. The topological polar surface area (TPSA) is 26.3 Å². The van der Waals surface area contributed by atoms with E-state index in [1.807, 2.05) is 13.8 Å². The minimum absolute atomic E-state index is 0.0336. The summed E-state index contributed by atoms with van der Waals surface area (Å²) in [5.74, 6) is -1.08. The van der Waals surface area contributed by atoms with E-state index in [0.717, 1.165) is 0 Å². The van der Waals surface area contributed by atoms with Crippen LogP contribution < -0.4 is 0 Å². The van der Waals surface area contributed by atoms with Gasteiger partial charge >= 0.3 is 0 Å². The number of hydrogen-bond donors (Lipinski definition) is 0. The summed E-state index contributed by atoms with van der Waals surface area (Å²) in [4.78, 5) is 12.4. The van der Waals surface area contributed by atoms with Crippen LogP contribution in [0.3, 0.4) is 0 Å². The van der Waals surface area contributed by atoms with Crippen LogP contribution in [-0.4, -0.2) is 18.5 Å². The van der Waals surface area contributed by atoms with Gasteiger partial charge < -0.3 is 4.74 Å². The third-order valence-electron chi connectivity index (χ3n) is 3.23. The smallest absolute Gasteiger partial charge is 0.197 e. The summed E-state index contributed by atoms with van der Waals surface area (Å²) in [6.07, 6.45) is 0.956. The van der Waals surface area contributed by atoms with Crippen LogP contribution in [0.2, 0.25) is 5.02 Å². The normalized spacial score (nSPS) is 11.7. The van der Waals surface area contributed by atoms with Gasteiger partial charge in [-0.3, -0.25) is 4.79 Å². The molecule has 0 unspecified atom stereocenters. The molecule has 0 amide bonds. The summed E-state index contributed by atoms with van der Waals surface area (Å²) in [6, 6.07) is 2.98. The molecule has 0 spiro atoms. The Morgan fingerprint density at radius 2 is 2.00 bits per heavy atom. The maximum absolute atomic E-state index is 14.0. The molecule has 18 heavy (non-hydrogen) atoms. The van der Waals surface area contributed by atoms with Gasteiger partial charge in [-0.2, -0.15) is 0 Å². The van der Waals surface area contributed by atoms with Crippen molar-refractivity contribution in [2.24, 2.45) is 0 Å². The molecule has 0 aliphatic heterocycles. The van der Waals surface area contributed by atoms with E-state index in [0.29, 0.717) is 17.3 Å². The predicted octanol–water partition coefficient (Wildman–Crippen LogP) is 4.63. The molecule has 5 heteroatoms. The summed E-state index contributed by atoms with van der Waals surface area (Å²) in [5, 5.41) is -0.0851. The second kappa shape index (κ2) is 6.13. The van der Waals surface area contributed by atoms with Crippen molar-refractivity contribution in [3.05, 3.63) is 33.0 Å². The predicted molar refractivity (Wildman–Crippen MR) is 73.8 cm³/mol. The molecular formula is C13H15BrClFO2. The van der Waals surface area contributed by atoms with Gasteiger partial charge in [-0.25, -0.2) is 4.39 Å². The first-order chi connectivity index (χ1) is 8.43. The van der Waals surface area contributed by atoms with Gasteiger partial charge in [0.2, 0.25) is 0 Å². The van der Waals surface area contributed by atoms with Crippen LogP contribution in [0.1, 0.15) is 37.0 Å². The number of benzene rings is 1. The Labute approximate surface area is 120 Å². The lowest BCUT2D eigenvalue weighted by molar-refractivity contribution is -0.00292. The van der Waals surface area contributed by atoms with Crippen LogP contribution in [0.25, 0.3) is 0 Å². The van der Waals surface area contributed by atoms with Gasteiger partial charge in [0.1, 0.15) is 5.60 Å². The van der Waals surface area contributed by atoms with Crippen LogP contribution in [0.5, 0.6) is 0 Å². The second-order valence-electron chi connectivity index (χ2n) is 3.96. The number of hydrogen-bond acceptors (Lipinski definition) is 2. The highest BCUT2D eigenvalue weighted by atomic mass is 79.9. The Hall–Kier alpha value is -0.450. The SMILES string of the molecule is CCC(CC)(OC)C(=O)c1ccc(Br)c(Cl)c1F. The molecular weight excluding hydrogens is 322 g/mol. The summed E-state index contributed by atoms with van der Waals surface area (Å²) < 4.78 is 19.7. The fourth-order valence-corrected chi connectivity index (χ4v) is 2.37. The van der Waals surface area contributed by atoms with E-state index in [1.165, 1.54) is 13.2 Å². The molecule has 0 saturated heterocycles. The van der Waals surface area contributed by atoms with Crippen molar-refractivity contribution in [1.29, 1.82) is 0 Å². The van der Waals surface area contributed by atoms with E-state index < -0.39 is 11.4 Å². The van der Waals surface area contributed by atoms with E-state index in [1.54, 1.807) is 6.07 Å². The lowest BCUT2D eigenvalue weighted by Gasteiger charge is -2.28. The molecule has 0 heterocycles. The van der Waals surface area contributed by atoms with Crippen molar-refractivity contribution < 1.29 is 13.9 Å².